The van der Waals surface area contributed by atoms with Crippen molar-refractivity contribution in [3.8, 4) is 0 Å². The summed E-state index contributed by atoms with van der Waals surface area (Å²) < 4.78 is 0.804. The van der Waals surface area contributed by atoms with Crippen LogP contribution in [0.2, 0.25) is 10.0 Å². The van der Waals surface area contributed by atoms with Gasteiger partial charge in [-0.3, -0.25) is 4.79 Å². The molecular weight excluding hydrogens is 553 g/mol. The number of benzene rings is 1. The molecule has 0 unspecified atom stereocenters. The number of halogens is 3. The molecule has 0 bridgehead atoms. The van der Waals surface area contributed by atoms with Gasteiger partial charge in [-0.2, -0.15) is 4.98 Å². The Morgan fingerprint density at radius 3 is 2.71 bits per heavy atom. The van der Waals surface area contributed by atoms with Crippen LogP contribution in [0.5, 0.6) is 0 Å². The minimum Gasteiger partial charge on any atom is -0.481 e. The van der Waals surface area contributed by atoms with Gasteiger partial charge in [0.2, 0.25) is 5.95 Å². The van der Waals surface area contributed by atoms with E-state index in [1.165, 1.54) is 12.8 Å². The fraction of sp³-hybridized carbons (Fsp3) is 0.560. The summed E-state index contributed by atoms with van der Waals surface area (Å²) in [6.45, 7) is 6.15. The minimum atomic E-state index is -0.640. The number of piperidine rings is 1. The van der Waals surface area contributed by atoms with Crippen LogP contribution in [-0.4, -0.2) is 58.2 Å². The summed E-state index contributed by atoms with van der Waals surface area (Å²) in [7, 11) is 0. The number of nitrogens with zero attached hydrogens (tertiary/aromatic N) is 4. The van der Waals surface area contributed by atoms with Crippen LogP contribution >= 0.6 is 39.1 Å². The number of nitrogens with one attached hydrogen (secondary N) is 1. The highest BCUT2D eigenvalue weighted by molar-refractivity contribution is 9.10. The van der Waals surface area contributed by atoms with Crippen LogP contribution in [0.4, 0.5) is 11.8 Å². The third kappa shape index (κ3) is 5.41. The Morgan fingerprint density at radius 2 is 2.00 bits per heavy atom. The zero-order valence-corrected chi connectivity index (χ0v) is 22.7. The van der Waals surface area contributed by atoms with E-state index in [9.17, 15) is 9.90 Å². The van der Waals surface area contributed by atoms with Crippen molar-refractivity contribution in [3.63, 3.8) is 0 Å². The highest BCUT2D eigenvalue weighted by Gasteiger charge is 2.42. The molecule has 2 saturated heterocycles. The van der Waals surface area contributed by atoms with Gasteiger partial charge in [-0.25, -0.2) is 4.98 Å². The quantitative estimate of drug-likeness (QED) is 0.431. The van der Waals surface area contributed by atoms with E-state index in [1.54, 1.807) is 12.3 Å². The van der Waals surface area contributed by atoms with Crippen molar-refractivity contribution in [3.05, 3.63) is 44.5 Å². The Bertz CT molecular complexity index is 1090. The molecule has 0 radical (unpaired) electrons. The van der Waals surface area contributed by atoms with Crippen molar-refractivity contribution in [1.29, 1.82) is 0 Å². The molecule has 7 nitrogen and oxygen atoms in total. The lowest BCUT2D eigenvalue weighted by molar-refractivity contribution is -0.147. The average molecular weight is 583 g/mol. The van der Waals surface area contributed by atoms with E-state index in [0.29, 0.717) is 27.9 Å². The number of aromatic nitrogens is 2. The van der Waals surface area contributed by atoms with Crippen LogP contribution in [-0.2, 0) is 4.79 Å². The van der Waals surface area contributed by atoms with Gasteiger partial charge in [0.05, 0.1) is 16.4 Å². The summed E-state index contributed by atoms with van der Waals surface area (Å²) in [6, 6.07) is 5.91. The number of carboxylic acids is 1. The van der Waals surface area contributed by atoms with Crippen molar-refractivity contribution in [2.45, 2.75) is 44.7 Å². The van der Waals surface area contributed by atoms with E-state index < -0.39 is 5.97 Å². The summed E-state index contributed by atoms with van der Waals surface area (Å²) >= 11 is 16.0. The number of anilines is 2. The fourth-order valence-electron chi connectivity index (χ4n) is 5.57. The first-order valence-corrected chi connectivity index (χ1v) is 13.8. The maximum Gasteiger partial charge on any atom is 0.306 e. The van der Waals surface area contributed by atoms with Gasteiger partial charge in [-0.15, -0.1) is 0 Å². The summed E-state index contributed by atoms with van der Waals surface area (Å²) in [5.41, 5.74) is 0.954. The second-order valence-corrected chi connectivity index (χ2v) is 11.8. The molecule has 0 amide bonds. The smallest absolute Gasteiger partial charge is 0.306 e. The largest absolute Gasteiger partial charge is 0.481 e. The van der Waals surface area contributed by atoms with E-state index >= 15 is 0 Å². The summed E-state index contributed by atoms with van der Waals surface area (Å²) in [6.07, 6.45) is 5.86. The third-order valence-electron chi connectivity index (χ3n) is 7.84. The maximum atomic E-state index is 11.2. The van der Waals surface area contributed by atoms with Crippen LogP contribution in [0.15, 0.2) is 28.9 Å². The van der Waals surface area contributed by atoms with E-state index in [0.717, 1.165) is 60.8 Å². The Balaban J connectivity index is 1.17. The number of likely N-dealkylation sites (tertiary alicyclic amines) is 1. The van der Waals surface area contributed by atoms with Crippen molar-refractivity contribution in [2.75, 3.05) is 36.4 Å². The predicted octanol–water partition coefficient (Wildman–Crippen LogP) is 5.73. The Kier molecular flexibility index (Phi) is 7.45. The van der Waals surface area contributed by atoms with Crippen molar-refractivity contribution in [2.24, 2.45) is 17.8 Å². The Hall–Kier alpha value is -1.61. The van der Waals surface area contributed by atoms with Gasteiger partial charge in [0, 0.05) is 41.9 Å². The zero-order valence-electron chi connectivity index (χ0n) is 19.6. The molecule has 2 atom stereocenters. The SMILES string of the molecule is C[C@@H](Nc1nc(N2CC([C@H]3CCCN(C4CC(C(=O)O)C4)C3)C2)ncc1Br)c1ccc(Cl)cc1Cl. The van der Waals surface area contributed by atoms with Crippen molar-refractivity contribution >= 4 is 56.9 Å². The standard InChI is InChI=1S/C25H30BrCl2N5O2/c1-14(20-5-4-18(27)9-22(20)28)30-23-21(26)10-29-25(31-23)33-12-17(13-33)15-3-2-6-32(11-15)19-7-16(8-19)24(34)35/h4-5,9-10,14-17,19H,2-3,6-8,11-13H2,1H3,(H,34,35)(H,29,30,31)/t14-,15+,16?,19?/m1/s1. The second-order valence-electron chi connectivity index (χ2n) is 10.1. The number of rotatable bonds is 7. The molecule has 5 rings (SSSR count). The lowest BCUT2D eigenvalue weighted by Crippen LogP contribution is -2.56. The van der Waals surface area contributed by atoms with Crippen molar-refractivity contribution < 1.29 is 9.90 Å². The summed E-state index contributed by atoms with van der Waals surface area (Å²) in [4.78, 5) is 25.3. The van der Waals surface area contributed by atoms with Crippen LogP contribution in [0.25, 0.3) is 0 Å². The molecule has 3 fully saturated rings. The molecule has 1 aliphatic carbocycles. The lowest BCUT2D eigenvalue weighted by Gasteiger charge is -2.50. The van der Waals surface area contributed by atoms with Gasteiger partial charge in [0.15, 0.2) is 0 Å². The molecule has 3 heterocycles. The van der Waals surface area contributed by atoms with Crippen LogP contribution in [0, 0.1) is 17.8 Å². The van der Waals surface area contributed by atoms with E-state index in [4.69, 9.17) is 28.2 Å². The third-order valence-corrected chi connectivity index (χ3v) is 8.98. The van der Waals surface area contributed by atoms with E-state index in [2.05, 4.69) is 36.0 Å². The average Bonchev–Trinajstić information content (AvgIpc) is 2.74. The maximum absolute atomic E-state index is 11.2. The molecule has 2 aliphatic heterocycles. The molecule has 0 spiro atoms. The van der Waals surface area contributed by atoms with Crippen LogP contribution in [0.3, 0.4) is 0 Å². The first-order valence-electron chi connectivity index (χ1n) is 12.2. The molecule has 3 aliphatic rings. The monoisotopic (exact) mass is 581 g/mol. The first-order chi connectivity index (χ1) is 16.8. The van der Waals surface area contributed by atoms with Gasteiger partial charge in [-0.05, 0) is 84.6 Å². The second kappa shape index (κ2) is 10.4. The van der Waals surface area contributed by atoms with Gasteiger partial charge in [0.25, 0.3) is 0 Å². The molecule has 188 valence electrons. The first kappa shape index (κ1) is 25.1. The topological polar surface area (TPSA) is 81.6 Å². The number of hydrogen-bond acceptors (Lipinski definition) is 6. The van der Waals surface area contributed by atoms with Crippen LogP contribution < -0.4 is 10.2 Å². The van der Waals surface area contributed by atoms with Gasteiger partial charge in [0.1, 0.15) is 5.82 Å². The highest BCUT2D eigenvalue weighted by atomic mass is 79.9. The van der Waals surface area contributed by atoms with E-state index in [-0.39, 0.29) is 12.0 Å². The molecule has 35 heavy (non-hydrogen) atoms. The number of carbonyl (C=O) groups is 1. The van der Waals surface area contributed by atoms with E-state index in [1.807, 2.05) is 19.1 Å². The number of carboxylic acid groups (broad SMARTS) is 1. The fourth-order valence-corrected chi connectivity index (χ4v) is 6.44. The molecular formula is C25H30BrCl2N5O2. The molecule has 1 aromatic heterocycles. The summed E-state index contributed by atoms with van der Waals surface area (Å²) in [5.74, 6) is 1.97. The molecule has 1 aromatic carbocycles. The van der Waals surface area contributed by atoms with Gasteiger partial charge in [-0.1, -0.05) is 29.3 Å². The van der Waals surface area contributed by atoms with Crippen LogP contribution in [0.1, 0.15) is 44.2 Å². The zero-order chi connectivity index (χ0) is 24.7. The van der Waals surface area contributed by atoms with Gasteiger partial charge >= 0.3 is 5.97 Å². The number of aliphatic carboxylic acids is 1. The molecule has 2 aromatic rings. The summed E-state index contributed by atoms with van der Waals surface area (Å²) in [5, 5.41) is 13.9. The Labute approximate surface area is 224 Å². The highest BCUT2D eigenvalue weighted by Crippen LogP contribution is 2.38. The Morgan fingerprint density at radius 1 is 1.23 bits per heavy atom. The lowest BCUT2D eigenvalue weighted by atomic mass is 9.76. The predicted molar refractivity (Wildman–Crippen MR) is 142 cm³/mol. The molecule has 10 heteroatoms. The minimum absolute atomic E-state index is 0.0524. The van der Waals surface area contributed by atoms with Crippen molar-refractivity contribution in [1.82, 2.24) is 14.9 Å². The molecule has 1 saturated carbocycles. The normalized spacial score (nSPS) is 26.1. The van der Waals surface area contributed by atoms with Gasteiger partial charge < -0.3 is 20.2 Å². The molecule has 2 N–H and O–H groups in total. The number of hydrogen-bond donors (Lipinski definition) is 2.